The fourth-order valence-corrected chi connectivity index (χ4v) is 5.15. The molecule has 2 N–H and O–H groups in total. The minimum atomic E-state index is -3.69. The van der Waals surface area contributed by atoms with Gasteiger partial charge in [0, 0.05) is 22.3 Å². The zero-order chi connectivity index (χ0) is 36.3. The number of hydrogen-bond acceptors (Lipinski definition) is 4. The molecule has 0 bridgehead atoms. The Kier molecular flexibility index (Phi) is 16.2. The molecule has 0 saturated heterocycles. The van der Waals surface area contributed by atoms with E-state index in [2.05, 4.69) is 40.1 Å². The van der Waals surface area contributed by atoms with Gasteiger partial charge in [-0.05, 0) is 75.9 Å². The summed E-state index contributed by atoms with van der Waals surface area (Å²) < 4.78 is -3.69. The summed E-state index contributed by atoms with van der Waals surface area (Å²) in [5.74, 6) is -0.652. The SMILES string of the molecule is Cc1cc(C)c(/C(Cl)=N/N=C(\Cl)c2ccccc2)c(C)c1.Cc1cc(C)c(C(=O)NNC(=O)c2ccccc2)c(C)c1.ClP(Cl)(Cl)(Cl)Cl. The molecule has 0 fully saturated rings. The van der Waals surface area contributed by atoms with Crippen LogP contribution in [-0.4, -0.2) is 22.2 Å². The molecular weight excluding hydrogens is 776 g/mol. The number of aryl methyl sites for hydroxylation is 6. The molecule has 0 atom stereocenters. The van der Waals surface area contributed by atoms with E-state index in [1.807, 2.05) is 83.1 Å². The Morgan fingerprint density at radius 1 is 0.521 bits per heavy atom. The van der Waals surface area contributed by atoms with E-state index in [4.69, 9.17) is 79.4 Å². The summed E-state index contributed by atoms with van der Waals surface area (Å²) >= 11 is 37.3. The van der Waals surface area contributed by atoms with Crippen LogP contribution in [-0.2, 0) is 0 Å². The van der Waals surface area contributed by atoms with Crippen molar-refractivity contribution in [2.75, 3.05) is 0 Å². The van der Waals surface area contributed by atoms with E-state index in [9.17, 15) is 9.59 Å². The number of carbonyl (C=O) groups is 2. The summed E-state index contributed by atoms with van der Waals surface area (Å²) in [6.07, 6.45) is 0. The summed E-state index contributed by atoms with van der Waals surface area (Å²) in [6.45, 7) is 11.8. The number of hydrogen-bond donors (Lipinski definition) is 2. The van der Waals surface area contributed by atoms with E-state index < -0.39 is 3.37 Å². The Labute approximate surface area is 315 Å². The van der Waals surface area contributed by atoms with Crippen molar-refractivity contribution in [2.45, 2.75) is 41.5 Å². The number of benzene rings is 4. The van der Waals surface area contributed by atoms with Crippen molar-refractivity contribution < 1.29 is 9.59 Å². The van der Waals surface area contributed by atoms with Gasteiger partial charge in [0.2, 0.25) is 0 Å². The van der Waals surface area contributed by atoms with Crippen LogP contribution >= 0.6 is 82.8 Å². The second-order valence-electron chi connectivity index (χ2n) is 10.6. The van der Waals surface area contributed by atoms with Crippen LogP contribution in [0, 0.1) is 41.5 Å². The summed E-state index contributed by atoms with van der Waals surface area (Å²) in [4.78, 5) is 24.1. The van der Waals surface area contributed by atoms with Gasteiger partial charge < -0.3 is 0 Å². The molecule has 0 spiro atoms. The van der Waals surface area contributed by atoms with Crippen molar-refractivity contribution in [3.8, 4) is 0 Å². The number of carbonyl (C=O) groups excluding carboxylic acids is 2. The summed E-state index contributed by atoms with van der Waals surface area (Å²) in [5.41, 5.74) is 13.9. The van der Waals surface area contributed by atoms with E-state index in [1.165, 1.54) is 5.56 Å². The van der Waals surface area contributed by atoms with Gasteiger partial charge in [-0.15, -0.1) is 10.2 Å². The minimum absolute atomic E-state index is 0.311. The van der Waals surface area contributed by atoms with Crippen LogP contribution in [0.3, 0.4) is 0 Å². The molecule has 0 saturated carbocycles. The van der Waals surface area contributed by atoms with Crippen LogP contribution in [0.1, 0.15) is 65.2 Å². The van der Waals surface area contributed by atoms with E-state index in [1.54, 1.807) is 24.3 Å². The molecule has 0 heterocycles. The van der Waals surface area contributed by atoms with E-state index >= 15 is 0 Å². The predicted octanol–water partition coefficient (Wildman–Crippen LogP) is 12.2. The van der Waals surface area contributed by atoms with Crippen molar-refractivity contribution in [3.63, 3.8) is 0 Å². The van der Waals surface area contributed by atoms with Crippen LogP contribution in [0.15, 0.2) is 95.1 Å². The zero-order valence-electron chi connectivity index (χ0n) is 26.9. The van der Waals surface area contributed by atoms with E-state index in [-0.39, 0.29) is 11.8 Å². The average molecular weight is 810 g/mol. The van der Waals surface area contributed by atoms with Crippen molar-refractivity contribution in [1.29, 1.82) is 0 Å². The van der Waals surface area contributed by atoms with Crippen molar-refractivity contribution in [2.24, 2.45) is 10.2 Å². The molecule has 48 heavy (non-hydrogen) atoms. The first-order valence-electron chi connectivity index (χ1n) is 14.2. The summed E-state index contributed by atoms with van der Waals surface area (Å²) in [7, 11) is 0. The summed E-state index contributed by atoms with van der Waals surface area (Å²) in [5, 5.41) is 8.74. The molecule has 14 heteroatoms. The second-order valence-corrected chi connectivity index (χ2v) is 27.9. The van der Waals surface area contributed by atoms with Crippen molar-refractivity contribution in [3.05, 3.63) is 141 Å². The van der Waals surface area contributed by atoms with Crippen molar-refractivity contribution >= 4 is 105 Å². The van der Waals surface area contributed by atoms with Gasteiger partial charge in [-0.2, -0.15) is 0 Å². The van der Waals surface area contributed by atoms with Gasteiger partial charge in [-0.25, -0.2) is 0 Å². The number of rotatable bonds is 5. The number of nitrogens with one attached hydrogen (secondary N) is 2. The van der Waals surface area contributed by atoms with Crippen LogP contribution in [0.5, 0.6) is 0 Å². The Bertz CT molecular complexity index is 1750. The van der Waals surface area contributed by atoms with Crippen LogP contribution in [0.4, 0.5) is 0 Å². The summed E-state index contributed by atoms with van der Waals surface area (Å²) in [6, 6.07) is 26.2. The van der Waals surface area contributed by atoms with Gasteiger partial charge in [0.05, 0.1) is 0 Å². The van der Waals surface area contributed by atoms with E-state index in [0.717, 1.165) is 38.9 Å². The van der Waals surface area contributed by atoms with Crippen LogP contribution < -0.4 is 10.9 Å². The quantitative estimate of drug-likeness (QED) is 0.120. The standard InChI is InChI=1S/C17H16Cl2N2.C17H18N2O2.Cl5P/c1-11-9-12(2)15(13(3)10-11)17(19)21-20-16(18)14-7-5-4-6-8-14;1-11-9-12(2)15(13(3)10-11)17(21)19-18-16(20)14-7-5-4-6-8-14;1-6(2,3,4)5/h4-10H,1-3H3;4-10H,1-3H3,(H,18,20)(H,19,21);/b20-16-,21-17-;;. The molecule has 4 aromatic carbocycles. The third-order valence-electron chi connectivity index (χ3n) is 6.35. The molecule has 2 amide bonds. The molecule has 0 radical (unpaired) electrons. The third kappa shape index (κ3) is 15.4. The molecular formula is C34H34Cl7N4O2P. The first-order valence-corrected chi connectivity index (χ1v) is 21.7. The first-order chi connectivity index (χ1) is 22.2. The third-order valence-corrected chi connectivity index (χ3v) is 6.91. The average Bonchev–Trinajstić information content (AvgIpc) is 2.97. The molecule has 0 unspecified atom stereocenters. The van der Waals surface area contributed by atoms with Gasteiger partial charge in [0.25, 0.3) is 11.8 Å². The number of hydrazine groups is 1. The first kappa shape index (κ1) is 41.8. The predicted molar refractivity (Wildman–Crippen MR) is 210 cm³/mol. The van der Waals surface area contributed by atoms with Gasteiger partial charge >= 0.3 is 59.6 Å². The van der Waals surface area contributed by atoms with Crippen molar-refractivity contribution in [1.82, 2.24) is 10.9 Å². The molecule has 256 valence electrons. The van der Waals surface area contributed by atoms with E-state index in [0.29, 0.717) is 21.5 Å². The normalized spacial score (nSPS) is 12.3. The monoisotopic (exact) mass is 806 g/mol. The topological polar surface area (TPSA) is 82.9 Å². The molecule has 4 aromatic rings. The molecule has 6 nitrogen and oxygen atoms in total. The van der Waals surface area contributed by atoms with Gasteiger partial charge in [0.15, 0.2) is 10.3 Å². The van der Waals surface area contributed by atoms with Crippen LogP contribution in [0.2, 0.25) is 0 Å². The maximum atomic E-state index is 12.2. The Hall–Kier alpha value is -2.38. The fourth-order valence-electron chi connectivity index (χ4n) is 4.65. The number of amides is 2. The molecule has 4 rings (SSSR count). The Balaban J connectivity index is 0.000000286. The van der Waals surface area contributed by atoms with Gasteiger partial charge in [0.1, 0.15) is 0 Å². The zero-order valence-corrected chi connectivity index (χ0v) is 33.1. The number of nitrogens with zero attached hydrogens (tertiary/aromatic N) is 2. The maximum absolute atomic E-state index is 12.2. The van der Waals surface area contributed by atoms with Gasteiger partial charge in [-0.1, -0.05) is 107 Å². The number of halogens is 7. The fraction of sp³-hybridized carbons (Fsp3) is 0.176. The molecule has 0 aliphatic heterocycles. The van der Waals surface area contributed by atoms with Crippen LogP contribution in [0.25, 0.3) is 0 Å². The second kappa shape index (κ2) is 18.6. The Morgan fingerprint density at radius 2 is 0.854 bits per heavy atom. The van der Waals surface area contributed by atoms with Gasteiger partial charge in [-0.3, -0.25) is 20.4 Å². The molecule has 0 aliphatic rings. The molecule has 0 aliphatic carbocycles. The molecule has 0 aromatic heterocycles. The Morgan fingerprint density at radius 3 is 1.27 bits per heavy atom.